The molecule has 0 saturated carbocycles. The molecule has 3 heterocycles. The van der Waals surface area contributed by atoms with Gasteiger partial charge in [0, 0.05) is 48.6 Å². The van der Waals surface area contributed by atoms with E-state index in [1.54, 1.807) is 42.2 Å². The maximum Gasteiger partial charge on any atom is 0.359 e. The van der Waals surface area contributed by atoms with Gasteiger partial charge in [0.25, 0.3) is 0 Å². The molecule has 246 valence electrons. The predicted octanol–water partition coefficient (Wildman–Crippen LogP) is 4.56. The number of aliphatic carboxylic acids is 1. The first-order valence-corrected chi connectivity index (χ1v) is 14.9. The molecular weight excluding hydrogens is 653 g/mol. The van der Waals surface area contributed by atoms with Crippen LogP contribution in [0.3, 0.4) is 0 Å². The van der Waals surface area contributed by atoms with Crippen LogP contribution in [0.15, 0.2) is 64.6 Å². The Labute approximate surface area is 273 Å². The first kappa shape index (κ1) is 32.4. The van der Waals surface area contributed by atoms with Crippen molar-refractivity contribution >= 4 is 50.9 Å². The van der Waals surface area contributed by atoms with Gasteiger partial charge in [0.1, 0.15) is 0 Å². The SMILES string of the molecule is Cn1cc2c(CCCC(=O)O)c(Nc3nc(=O)n(-c4cncc5cccc(CN)c45)c(=O)n3Cc3cc(F)c(F)c(F)c3)c(Cl)cc2n1. The van der Waals surface area contributed by atoms with Crippen molar-refractivity contribution in [3.05, 3.63) is 115 Å². The number of rotatable bonds is 10. The highest BCUT2D eigenvalue weighted by Gasteiger charge is 2.23. The summed E-state index contributed by atoms with van der Waals surface area (Å²) in [5.74, 6) is -6.02. The van der Waals surface area contributed by atoms with Gasteiger partial charge in [0.05, 0.1) is 34.7 Å². The minimum Gasteiger partial charge on any atom is -0.481 e. The standard InChI is InChI=1S/C32H26ClF3N8O4/c1-42-15-20-19(6-3-7-26(45)46)29(21(33)10-24(20)41-42)39-30-40-31(47)44(25-13-38-12-18-5-2-4-17(11-37)27(18)25)32(48)43(30)14-16-8-22(34)28(36)23(35)9-16/h2,4-5,8-10,12-13,15H,3,6-7,11,14,37H2,1H3,(H,45,46)(H,39,40,47). The van der Waals surface area contributed by atoms with E-state index in [9.17, 15) is 32.7 Å². The van der Waals surface area contributed by atoms with Gasteiger partial charge in [-0.3, -0.25) is 19.0 Å². The number of carbonyl (C=O) groups is 1. The molecule has 3 aromatic heterocycles. The van der Waals surface area contributed by atoms with E-state index in [2.05, 4.69) is 20.4 Å². The summed E-state index contributed by atoms with van der Waals surface area (Å²) in [5, 5.41) is 18.4. The lowest BCUT2D eigenvalue weighted by Gasteiger charge is -2.19. The number of anilines is 2. The Bertz CT molecular complexity index is 2340. The lowest BCUT2D eigenvalue weighted by molar-refractivity contribution is -0.137. The maximum atomic E-state index is 14.3. The number of carboxylic acid groups (broad SMARTS) is 1. The van der Waals surface area contributed by atoms with Crippen LogP contribution in [0.25, 0.3) is 27.4 Å². The van der Waals surface area contributed by atoms with Crippen molar-refractivity contribution in [3.8, 4) is 5.69 Å². The van der Waals surface area contributed by atoms with Crippen LogP contribution in [0, 0.1) is 17.5 Å². The molecule has 6 aromatic rings. The van der Waals surface area contributed by atoms with E-state index in [0.717, 1.165) is 21.3 Å². The van der Waals surface area contributed by atoms with E-state index in [0.29, 0.717) is 32.8 Å². The van der Waals surface area contributed by atoms with Crippen LogP contribution in [-0.4, -0.2) is 40.0 Å². The van der Waals surface area contributed by atoms with Gasteiger partial charge in [0.15, 0.2) is 17.5 Å². The Morgan fingerprint density at radius 1 is 1.10 bits per heavy atom. The Hall–Kier alpha value is -5.54. The zero-order valence-corrected chi connectivity index (χ0v) is 25.9. The number of nitrogens with two attached hydrogens (primary N) is 1. The van der Waals surface area contributed by atoms with Gasteiger partial charge in [-0.05, 0) is 47.7 Å². The molecule has 12 nitrogen and oxygen atoms in total. The van der Waals surface area contributed by atoms with Crippen molar-refractivity contribution in [2.75, 3.05) is 5.32 Å². The Morgan fingerprint density at radius 2 is 1.85 bits per heavy atom. The normalized spacial score (nSPS) is 11.5. The molecule has 0 spiro atoms. The number of hydrogen-bond acceptors (Lipinski definition) is 8. The van der Waals surface area contributed by atoms with Crippen LogP contribution in [-0.2, 0) is 31.4 Å². The Kier molecular flexibility index (Phi) is 8.73. The minimum atomic E-state index is -1.69. The van der Waals surface area contributed by atoms with E-state index >= 15 is 0 Å². The molecule has 0 aliphatic rings. The maximum absolute atomic E-state index is 14.3. The zero-order chi connectivity index (χ0) is 34.3. The number of fused-ring (bicyclic) bond motifs is 2. The second-order valence-corrected chi connectivity index (χ2v) is 11.4. The summed E-state index contributed by atoms with van der Waals surface area (Å²) in [6, 6.07) is 8.20. The molecule has 0 atom stereocenters. The molecule has 0 aliphatic heterocycles. The molecule has 0 bridgehead atoms. The van der Waals surface area contributed by atoms with Gasteiger partial charge < -0.3 is 16.2 Å². The number of halogens is 4. The quantitative estimate of drug-likeness (QED) is 0.176. The highest BCUT2D eigenvalue weighted by Crippen LogP contribution is 2.36. The molecule has 3 aromatic carbocycles. The van der Waals surface area contributed by atoms with Crippen LogP contribution in [0.5, 0.6) is 0 Å². The number of benzene rings is 3. The van der Waals surface area contributed by atoms with Crippen molar-refractivity contribution in [3.63, 3.8) is 0 Å². The average molecular weight is 679 g/mol. The van der Waals surface area contributed by atoms with E-state index in [-0.39, 0.29) is 53.7 Å². The third kappa shape index (κ3) is 6.00. The highest BCUT2D eigenvalue weighted by molar-refractivity contribution is 6.34. The second kappa shape index (κ2) is 12.9. The number of carboxylic acids is 1. The molecule has 6 rings (SSSR count). The smallest absolute Gasteiger partial charge is 0.359 e. The first-order valence-electron chi connectivity index (χ1n) is 14.5. The molecule has 0 fully saturated rings. The third-order valence-electron chi connectivity index (χ3n) is 7.81. The van der Waals surface area contributed by atoms with Crippen LogP contribution in [0.4, 0.5) is 24.8 Å². The fraction of sp³-hybridized carbons (Fsp3) is 0.188. The first-order chi connectivity index (χ1) is 23.0. The van der Waals surface area contributed by atoms with Gasteiger partial charge in [-0.2, -0.15) is 10.1 Å². The summed E-state index contributed by atoms with van der Waals surface area (Å²) >= 11 is 6.70. The molecule has 0 saturated heterocycles. The van der Waals surface area contributed by atoms with E-state index < -0.39 is 41.3 Å². The summed E-state index contributed by atoms with van der Waals surface area (Å²) in [5.41, 5.74) is 5.73. The second-order valence-electron chi connectivity index (χ2n) is 11.0. The van der Waals surface area contributed by atoms with E-state index in [4.69, 9.17) is 17.3 Å². The Balaban J connectivity index is 1.59. The summed E-state index contributed by atoms with van der Waals surface area (Å²) in [7, 11) is 1.69. The van der Waals surface area contributed by atoms with Crippen molar-refractivity contribution < 1.29 is 23.1 Å². The fourth-order valence-electron chi connectivity index (χ4n) is 5.69. The molecule has 0 unspecified atom stereocenters. The van der Waals surface area contributed by atoms with Gasteiger partial charge in [-0.15, -0.1) is 0 Å². The largest absolute Gasteiger partial charge is 0.481 e. The monoisotopic (exact) mass is 678 g/mol. The third-order valence-corrected chi connectivity index (χ3v) is 8.10. The van der Waals surface area contributed by atoms with Crippen molar-refractivity contribution in [2.45, 2.75) is 32.4 Å². The van der Waals surface area contributed by atoms with Crippen LogP contribution in [0.2, 0.25) is 5.02 Å². The van der Waals surface area contributed by atoms with Crippen LogP contribution < -0.4 is 22.4 Å². The Morgan fingerprint density at radius 3 is 2.56 bits per heavy atom. The molecule has 48 heavy (non-hydrogen) atoms. The molecule has 0 radical (unpaired) electrons. The molecule has 0 aliphatic carbocycles. The van der Waals surface area contributed by atoms with Crippen molar-refractivity contribution in [2.24, 2.45) is 12.8 Å². The van der Waals surface area contributed by atoms with Gasteiger partial charge in [-0.25, -0.2) is 27.3 Å². The number of pyridine rings is 1. The number of aryl methyl sites for hydroxylation is 2. The minimum absolute atomic E-state index is 0.0667. The molecular formula is C32H26ClF3N8O4. The number of nitrogens with one attached hydrogen (secondary N) is 1. The van der Waals surface area contributed by atoms with Gasteiger partial charge >= 0.3 is 17.3 Å². The van der Waals surface area contributed by atoms with E-state index in [1.165, 1.54) is 12.4 Å². The number of nitrogens with zero attached hydrogens (tertiary/aromatic N) is 6. The average Bonchev–Trinajstić information content (AvgIpc) is 3.41. The summed E-state index contributed by atoms with van der Waals surface area (Å²) in [6.07, 6.45) is 4.81. The van der Waals surface area contributed by atoms with Crippen LogP contribution >= 0.6 is 11.6 Å². The van der Waals surface area contributed by atoms with Crippen molar-refractivity contribution in [1.29, 1.82) is 0 Å². The van der Waals surface area contributed by atoms with Crippen LogP contribution in [0.1, 0.15) is 29.5 Å². The topological polar surface area (TPSA) is 163 Å². The molecule has 16 heteroatoms. The zero-order valence-electron chi connectivity index (χ0n) is 25.2. The number of aromatic nitrogens is 6. The highest BCUT2D eigenvalue weighted by atomic mass is 35.5. The summed E-state index contributed by atoms with van der Waals surface area (Å²) in [4.78, 5) is 47.7. The predicted molar refractivity (Wildman–Crippen MR) is 172 cm³/mol. The molecule has 4 N–H and O–H groups in total. The lowest BCUT2D eigenvalue weighted by atomic mass is 10.0. The van der Waals surface area contributed by atoms with Gasteiger partial charge in [0.2, 0.25) is 5.95 Å². The lowest BCUT2D eigenvalue weighted by Crippen LogP contribution is -2.42. The molecule has 0 amide bonds. The van der Waals surface area contributed by atoms with Gasteiger partial charge in [-0.1, -0.05) is 29.8 Å². The fourth-order valence-corrected chi connectivity index (χ4v) is 5.96. The van der Waals surface area contributed by atoms with Crippen molar-refractivity contribution in [1.82, 2.24) is 28.9 Å². The van der Waals surface area contributed by atoms with E-state index in [1.807, 2.05) is 0 Å². The summed E-state index contributed by atoms with van der Waals surface area (Å²) < 4.78 is 45.7. The summed E-state index contributed by atoms with van der Waals surface area (Å²) in [6.45, 7) is -0.496. The number of hydrogen-bond donors (Lipinski definition) is 3.